The molecule has 2 rings (SSSR count). The fraction of sp³-hybridized carbons (Fsp3) is 0.235. The fourth-order valence-electron chi connectivity index (χ4n) is 2.58. The van der Waals surface area contributed by atoms with E-state index >= 15 is 0 Å². The van der Waals surface area contributed by atoms with Crippen LogP contribution in [0.2, 0.25) is 8.87 Å². The summed E-state index contributed by atoms with van der Waals surface area (Å²) in [5.74, 6) is -0.863. The van der Waals surface area contributed by atoms with Crippen molar-refractivity contribution in [3.8, 4) is 0 Å². The fourth-order valence-corrected chi connectivity index (χ4v) is 12.3. The van der Waals surface area contributed by atoms with Gasteiger partial charge in [-0.1, -0.05) is 0 Å². The number of rotatable bonds is 4. The number of hydrogen-bond acceptors (Lipinski definition) is 1. The Bertz CT molecular complexity index is 590. The van der Waals surface area contributed by atoms with Crippen LogP contribution in [-0.2, 0) is 0 Å². The van der Waals surface area contributed by atoms with Crippen LogP contribution in [0.3, 0.4) is 0 Å². The predicted molar refractivity (Wildman–Crippen MR) is 85.8 cm³/mol. The molecule has 0 aromatic heterocycles. The SMILES string of the molecule is C[CH](C)[Sn]([CH3])([c]1ccccc1)[c]1ccc(C(=O)O)cc1. The van der Waals surface area contributed by atoms with E-state index in [1.165, 1.54) is 7.16 Å². The molecule has 0 spiro atoms. The van der Waals surface area contributed by atoms with E-state index in [9.17, 15) is 4.79 Å². The predicted octanol–water partition coefficient (Wildman–Crippen LogP) is 2.99. The maximum atomic E-state index is 11.0. The molecular weight excluding hydrogens is 355 g/mol. The molecule has 0 aliphatic rings. The monoisotopic (exact) mass is 376 g/mol. The molecule has 104 valence electrons. The topological polar surface area (TPSA) is 37.3 Å². The van der Waals surface area contributed by atoms with Crippen molar-refractivity contribution in [3.05, 3.63) is 60.2 Å². The van der Waals surface area contributed by atoms with Crippen molar-refractivity contribution < 1.29 is 9.90 Å². The van der Waals surface area contributed by atoms with E-state index in [4.69, 9.17) is 5.11 Å². The molecule has 0 aliphatic carbocycles. The molecule has 0 aliphatic heterocycles. The van der Waals surface area contributed by atoms with Crippen LogP contribution in [0.25, 0.3) is 0 Å². The number of aromatic carboxylic acids is 1. The van der Waals surface area contributed by atoms with Gasteiger partial charge in [0.2, 0.25) is 0 Å². The zero-order chi connectivity index (χ0) is 14.8. The molecule has 2 aromatic carbocycles. The Hall–Kier alpha value is -1.29. The summed E-state index contributed by atoms with van der Waals surface area (Å²) in [5, 5.41) is 9.02. The molecule has 0 amide bonds. The van der Waals surface area contributed by atoms with E-state index in [2.05, 4.69) is 43.1 Å². The number of carbonyl (C=O) groups is 1. The normalized spacial score (nSPS) is 14.0. The van der Waals surface area contributed by atoms with Gasteiger partial charge in [-0.15, -0.1) is 0 Å². The van der Waals surface area contributed by atoms with Crippen LogP contribution in [0.1, 0.15) is 24.2 Å². The molecule has 0 radical (unpaired) electrons. The molecule has 0 heterocycles. The van der Waals surface area contributed by atoms with Crippen molar-refractivity contribution >= 4 is 31.5 Å². The van der Waals surface area contributed by atoms with Crippen molar-refractivity contribution in [1.82, 2.24) is 0 Å². The first-order chi connectivity index (χ1) is 9.46. The van der Waals surface area contributed by atoms with Gasteiger partial charge in [-0.05, 0) is 0 Å². The average Bonchev–Trinajstić information content (AvgIpc) is 2.47. The summed E-state index contributed by atoms with van der Waals surface area (Å²) in [6.07, 6.45) is 0. The van der Waals surface area contributed by atoms with Crippen LogP contribution in [-0.4, -0.2) is 29.5 Å². The molecule has 0 fully saturated rings. The summed E-state index contributed by atoms with van der Waals surface area (Å²) in [6, 6.07) is 18.2. The van der Waals surface area contributed by atoms with E-state index in [1.807, 2.05) is 18.2 Å². The van der Waals surface area contributed by atoms with Gasteiger partial charge < -0.3 is 0 Å². The van der Waals surface area contributed by atoms with Gasteiger partial charge in [0.25, 0.3) is 0 Å². The molecule has 0 saturated carbocycles. The van der Waals surface area contributed by atoms with E-state index in [1.54, 1.807) is 12.1 Å². The first kappa shape index (κ1) is 15.1. The van der Waals surface area contributed by atoms with E-state index in [0.29, 0.717) is 9.50 Å². The van der Waals surface area contributed by atoms with Gasteiger partial charge in [0.15, 0.2) is 0 Å². The first-order valence-electron chi connectivity index (χ1n) is 6.85. The standard InChI is InChI=1S/C7H5O2.C6H5.C3H7.CH3.Sn/c8-7(9)6-4-2-1-3-5-6;1-2-4-6-5-3-1;1-3-2;;/h2-5H,(H,8,9);1-5H;3H,1-2H3;1H3;. The molecule has 0 saturated heterocycles. The van der Waals surface area contributed by atoms with Gasteiger partial charge in [0, 0.05) is 0 Å². The van der Waals surface area contributed by atoms with Crippen LogP contribution in [0.5, 0.6) is 0 Å². The third-order valence-electron chi connectivity index (χ3n) is 4.26. The van der Waals surface area contributed by atoms with E-state index < -0.39 is 24.3 Å². The average molecular weight is 375 g/mol. The van der Waals surface area contributed by atoms with Gasteiger partial charge in [-0.2, -0.15) is 0 Å². The van der Waals surface area contributed by atoms with Crippen molar-refractivity contribution in [2.24, 2.45) is 0 Å². The molecular formula is C17H20O2Sn. The van der Waals surface area contributed by atoms with Crippen LogP contribution >= 0.6 is 0 Å². The molecule has 1 atom stereocenters. The number of carboxylic acid groups (broad SMARTS) is 1. The second kappa shape index (κ2) is 6.00. The summed E-state index contributed by atoms with van der Waals surface area (Å²) in [4.78, 5) is 13.4. The second-order valence-corrected chi connectivity index (χ2v) is 19.1. The maximum absolute atomic E-state index is 11.0. The molecule has 20 heavy (non-hydrogen) atoms. The Morgan fingerprint density at radius 3 is 1.90 bits per heavy atom. The Kier molecular flexibility index (Phi) is 4.53. The van der Waals surface area contributed by atoms with Crippen molar-refractivity contribution in [2.45, 2.75) is 22.7 Å². The number of hydrogen-bond donors (Lipinski definition) is 1. The molecule has 2 aromatic rings. The summed E-state index contributed by atoms with van der Waals surface area (Å²) in [7, 11) is 0. The van der Waals surface area contributed by atoms with Crippen molar-refractivity contribution in [3.63, 3.8) is 0 Å². The van der Waals surface area contributed by atoms with Crippen molar-refractivity contribution in [2.75, 3.05) is 0 Å². The van der Waals surface area contributed by atoms with Crippen LogP contribution < -0.4 is 7.16 Å². The Morgan fingerprint density at radius 2 is 1.45 bits per heavy atom. The number of benzene rings is 2. The quantitative estimate of drug-likeness (QED) is 0.835. The zero-order valence-corrected chi connectivity index (χ0v) is 15.0. The molecule has 2 nitrogen and oxygen atoms in total. The minimum atomic E-state index is -2.70. The molecule has 0 bridgehead atoms. The van der Waals surface area contributed by atoms with Gasteiger partial charge in [-0.3, -0.25) is 0 Å². The van der Waals surface area contributed by atoms with Crippen molar-refractivity contribution in [1.29, 1.82) is 0 Å². The Balaban J connectivity index is 2.51. The minimum absolute atomic E-state index is 0.360. The second-order valence-electron chi connectivity index (χ2n) is 5.61. The van der Waals surface area contributed by atoms with Crippen LogP contribution in [0.4, 0.5) is 0 Å². The van der Waals surface area contributed by atoms with Crippen LogP contribution in [0.15, 0.2) is 54.6 Å². The molecule has 1 unspecified atom stereocenters. The Labute approximate surface area is 124 Å². The Morgan fingerprint density at radius 1 is 0.950 bits per heavy atom. The summed E-state index contributed by atoms with van der Waals surface area (Å²) in [6.45, 7) is 4.57. The summed E-state index contributed by atoms with van der Waals surface area (Å²) < 4.78 is 3.42. The van der Waals surface area contributed by atoms with E-state index in [0.717, 1.165) is 0 Å². The van der Waals surface area contributed by atoms with Gasteiger partial charge in [0.05, 0.1) is 0 Å². The van der Waals surface area contributed by atoms with Gasteiger partial charge in [-0.25, -0.2) is 0 Å². The summed E-state index contributed by atoms with van der Waals surface area (Å²) in [5.41, 5.74) is 0.360. The molecule has 1 N–H and O–H groups in total. The van der Waals surface area contributed by atoms with Gasteiger partial charge in [0.1, 0.15) is 0 Å². The third kappa shape index (κ3) is 2.75. The summed E-state index contributed by atoms with van der Waals surface area (Å²) >= 11 is -2.70. The van der Waals surface area contributed by atoms with Crippen LogP contribution in [0, 0.1) is 0 Å². The first-order valence-corrected chi connectivity index (χ1v) is 14.2. The van der Waals surface area contributed by atoms with E-state index in [-0.39, 0.29) is 0 Å². The third-order valence-corrected chi connectivity index (χ3v) is 19.6. The van der Waals surface area contributed by atoms with Gasteiger partial charge >= 0.3 is 124 Å². The number of carboxylic acids is 1. The molecule has 3 heteroatoms. The zero-order valence-electron chi connectivity index (χ0n) is 12.1.